The van der Waals surface area contributed by atoms with Crippen LogP contribution in [0.3, 0.4) is 0 Å². The number of halogens is 1. The van der Waals surface area contributed by atoms with Crippen molar-refractivity contribution in [2.45, 2.75) is 18.7 Å². The van der Waals surface area contributed by atoms with E-state index in [-0.39, 0.29) is 0 Å². The first-order valence-corrected chi connectivity index (χ1v) is 8.34. The number of nitrogens with one attached hydrogen (secondary N) is 1. The van der Waals surface area contributed by atoms with Crippen LogP contribution in [0.5, 0.6) is 0 Å². The first kappa shape index (κ1) is 13.6. The normalized spacial score (nSPS) is 20.8. The van der Waals surface area contributed by atoms with Gasteiger partial charge in [0.2, 0.25) is 0 Å². The quantitative estimate of drug-likeness (QED) is 0.922. The summed E-state index contributed by atoms with van der Waals surface area (Å²) in [5, 5.41) is 9.33. The second-order valence-electron chi connectivity index (χ2n) is 4.17. The molecule has 17 heavy (non-hydrogen) atoms. The van der Waals surface area contributed by atoms with Gasteiger partial charge in [0.25, 0.3) is 0 Å². The minimum Gasteiger partial charge on any atom is -0.310 e. The van der Waals surface area contributed by atoms with E-state index in [0.717, 1.165) is 34.7 Å². The lowest BCUT2D eigenvalue weighted by molar-refractivity contribution is 0.624. The third-order valence-electron chi connectivity index (χ3n) is 2.81. The largest absolute Gasteiger partial charge is 0.310 e. The van der Waals surface area contributed by atoms with E-state index in [1.807, 2.05) is 18.7 Å². The molecule has 1 fully saturated rings. The zero-order valence-electron chi connectivity index (χ0n) is 10.2. The van der Waals surface area contributed by atoms with E-state index in [1.54, 1.807) is 0 Å². The molecule has 0 saturated carbocycles. The van der Waals surface area contributed by atoms with Crippen molar-refractivity contribution < 1.29 is 0 Å². The molecule has 3 nitrogen and oxygen atoms in total. The Hall–Kier alpha value is 0.160. The molecule has 6 heteroatoms. The van der Waals surface area contributed by atoms with Crippen LogP contribution >= 0.6 is 35.1 Å². The van der Waals surface area contributed by atoms with Crippen LogP contribution in [0.15, 0.2) is 0 Å². The summed E-state index contributed by atoms with van der Waals surface area (Å²) in [6, 6.07) is 0. The summed E-state index contributed by atoms with van der Waals surface area (Å²) in [5.41, 5.74) is 1.99. The molecule has 1 aromatic rings. The SMILES string of the molecule is Cc1nn(C)c(CNCC2CSCCS2)c1Cl. The highest BCUT2D eigenvalue weighted by atomic mass is 35.5. The third kappa shape index (κ3) is 3.56. The number of nitrogens with zero attached hydrogens (tertiary/aromatic N) is 2. The number of hydrogen-bond acceptors (Lipinski definition) is 4. The summed E-state index contributed by atoms with van der Waals surface area (Å²) in [4.78, 5) is 0. The maximum atomic E-state index is 6.20. The highest BCUT2D eigenvalue weighted by molar-refractivity contribution is 8.06. The fourth-order valence-corrected chi connectivity index (χ4v) is 4.75. The van der Waals surface area contributed by atoms with Gasteiger partial charge in [0.05, 0.1) is 16.4 Å². The lowest BCUT2D eigenvalue weighted by atomic mass is 10.3. The van der Waals surface area contributed by atoms with E-state index in [1.165, 1.54) is 17.3 Å². The number of rotatable bonds is 4. The Morgan fingerprint density at radius 3 is 2.94 bits per heavy atom. The molecule has 1 atom stereocenters. The van der Waals surface area contributed by atoms with Gasteiger partial charge in [0, 0.05) is 42.6 Å². The number of aryl methyl sites for hydroxylation is 2. The van der Waals surface area contributed by atoms with Crippen LogP contribution in [-0.4, -0.2) is 38.8 Å². The predicted octanol–water partition coefficient (Wildman–Crippen LogP) is 2.32. The molecule has 0 amide bonds. The van der Waals surface area contributed by atoms with Gasteiger partial charge < -0.3 is 5.32 Å². The number of hydrogen-bond donors (Lipinski definition) is 1. The standard InChI is InChI=1S/C11H18ClN3S2/c1-8-11(12)10(15(2)14-8)6-13-5-9-7-16-3-4-17-9/h9,13H,3-7H2,1-2H3. The third-order valence-corrected chi connectivity index (χ3v) is 6.15. The van der Waals surface area contributed by atoms with Crippen LogP contribution in [-0.2, 0) is 13.6 Å². The van der Waals surface area contributed by atoms with Crippen molar-refractivity contribution in [1.82, 2.24) is 15.1 Å². The van der Waals surface area contributed by atoms with Crippen molar-refractivity contribution in [3.8, 4) is 0 Å². The molecule has 1 aromatic heterocycles. The molecule has 96 valence electrons. The molecule has 2 heterocycles. The average Bonchev–Trinajstić information content (AvgIpc) is 2.57. The highest BCUT2D eigenvalue weighted by Crippen LogP contribution is 2.23. The van der Waals surface area contributed by atoms with Gasteiger partial charge in [0.15, 0.2) is 0 Å². The predicted molar refractivity (Wildman–Crippen MR) is 78.2 cm³/mol. The van der Waals surface area contributed by atoms with E-state index >= 15 is 0 Å². The zero-order valence-corrected chi connectivity index (χ0v) is 12.6. The van der Waals surface area contributed by atoms with Crippen LogP contribution < -0.4 is 5.32 Å². The lowest BCUT2D eigenvalue weighted by Crippen LogP contribution is -2.29. The number of thioether (sulfide) groups is 2. The lowest BCUT2D eigenvalue weighted by Gasteiger charge is -2.21. The van der Waals surface area contributed by atoms with Gasteiger partial charge in [-0.25, -0.2) is 0 Å². The highest BCUT2D eigenvalue weighted by Gasteiger charge is 2.15. The Morgan fingerprint density at radius 1 is 1.53 bits per heavy atom. The van der Waals surface area contributed by atoms with Crippen LogP contribution in [0, 0.1) is 6.92 Å². The summed E-state index contributed by atoms with van der Waals surface area (Å²) >= 11 is 10.3. The average molecular weight is 292 g/mol. The Balaban J connectivity index is 1.81. The van der Waals surface area contributed by atoms with Crippen LogP contribution in [0.2, 0.25) is 5.02 Å². The molecule has 0 spiro atoms. The monoisotopic (exact) mass is 291 g/mol. The molecule has 0 bridgehead atoms. The maximum absolute atomic E-state index is 6.20. The zero-order chi connectivity index (χ0) is 12.3. The van der Waals surface area contributed by atoms with Crippen LogP contribution in [0.4, 0.5) is 0 Å². The second kappa shape index (κ2) is 6.36. The van der Waals surface area contributed by atoms with Crippen molar-refractivity contribution in [3.63, 3.8) is 0 Å². The molecule has 1 saturated heterocycles. The molecule has 0 aliphatic carbocycles. The van der Waals surface area contributed by atoms with Gasteiger partial charge in [-0.2, -0.15) is 28.6 Å². The van der Waals surface area contributed by atoms with Crippen LogP contribution in [0.25, 0.3) is 0 Å². The van der Waals surface area contributed by atoms with E-state index < -0.39 is 0 Å². The van der Waals surface area contributed by atoms with Gasteiger partial charge in [-0.3, -0.25) is 4.68 Å². The van der Waals surface area contributed by atoms with Gasteiger partial charge in [-0.15, -0.1) is 0 Å². The minimum absolute atomic E-state index is 0.738. The van der Waals surface area contributed by atoms with Crippen molar-refractivity contribution >= 4 is 35.1 Å². The Kier molecular flexibility index (Phi) is 5.09. The topological polar surface area (TPSA) is 29.9 Å². The summed E-state index contributed by atoms with van der Waals surface area (Å²) in [5.74, 6) is 3.84. The van der Waals surface area contributed by atoms with E-state index in [4.69, 9.17) is 11.6 Å². The Labute approximate surface area is 116 Å². The Bertz CT molecular complexity index is 375. The molecule has 1 unspecified atom stereocenters. The molecule has 1 aliphatic rings. The van der Waals surface area contributed by atoms with Crippen molar-refractivity contribution in [2.75, 3.05) is 23.8 Å². The van der Waals surface area contributed by atoms with E-state index in [2.05, 4.69) is 33.9 Å². The Morgan fingerprint density at radius 2 is 2.35 bits per heavy atom. The molecular weight excluding hydrogens is 274 g/mol. The summed E-state index contributed by atoms with van der Waals surface area (Å²) in [7, 11) is 1.95. The van der Waals surface area contributed by atoms with Gasteiger partial charge in [0.1, 0.15) is 0 Å². The molecular formula is C11H18ClN3S2. The van der Waals surface area contributed by atoms with Crippen molar-refractivity contribution in [2.24, 2.45) is 7.05 Å². The van der Waals surface area contributed by atoms with Gasteiger partial charge >= 0.3 is 0 Å². The molecule has 0 aromatic carbocycles. The van der Waals surface area contributed by atoms with E-state index in [0.29, 0.717) is 0 Å². The summed E-state index contributed by atoms with van der Waals surface area (Å²) < 4.78 is 1.87. The second-order valence-corrected chi connectivity index (χ2v) is 7.10. The van der Waals surface area contributed by atoms with Crippen molar-refractivity contribution in [3.05, 3.63) is 16.4 Å². The fraction of sp³-hybridized carbons (Fsp3) is 0.727. The maximum Gasteiger partial charge on any atom is 0.0860 e. The molecule has 0 radical (unpaired) electrons. The minimum atomic E-state index is 0.738. The fourth-order valence-electron chi connectivity index (χ4n) is 1.88. The molecule has 1 aliphatic heterocycles. The summed E-state index contributed by atoms with van der Waals surface area (Å²) in [6.07, 6.45) is 0. The number of aromatic nitrogens is 2. The molecule has 2 rings (SSSR count). The smallest absolute Gasteiger partial charge is 0.0860 e. The van der Waals surface area contributed by atoms with E-state index in [9.17, 15) is 0 Å². The van der Waals surface area contributed by atoms with Crippen LogP contribution in [0.1, 0.15) is 11.4 Å². The van der Waals surface area contributed by atoms with Crippen molar-refractivity contribution in [1.29, 1.82) is 0 Å². The first-order valence-electron chi connectivity index (χ1n) is 5.76. The first-order chi connectivity index (χ1) is 8.18. The van der Waals surface area contributed by atoms with Gasteiger partial charge in [-0.05, 0) is 6.92 Å². The summed E-state index contributed by atoms with van der Waals surface area (Å²) in [6.45, 7) is 3.80. The van der Waals surface area contributed by atoms with Gasteiger partial charge in [-0.1, -0.05) is 11.6 Å². The molecule has 1 N–H and O–H groups in total.